The van der Waals surface area contributed by atoms with E-state index < -0.39 is 0 Å². The molecule has 0 radical (unpaired) electrons. The van der Waals surface area contributed by atoms with Crippen LogP contribution in [0, 0.1) is 5.92 Å². The highest BCUT2D eigenvalue weighted by atomic mass is 79.9. The van der Waals surface area contributed by atoms with Crippen molar-refractivity contribution in [3.05, 3.63) is 29.8 Å². The number of carbonyl (C=O) groups is 1. The second-order valence-electron chi connectivity index (χ2n) is 5.36. The van der Waals surface area contributed by atoms with Gasteiger partial charge in [0.15, 0.2) is 0 Å². The first-order valence-corrected chi connectivity index (χ1v) is 8.37. The molecule has 1 N–H and O–H groups in total. The van der Waals surface area contributed by atoms with Gasteiger partial charge in [-0.25, -0.2) is 0 Å². The van der Waals surface area contributed by atoms with E-state index in [0.29, 0.717) is 0 Å². The normalized spacial score (nSPS) is 17.5. The van der Waals surface area contributed by atoms with E-state index in [1.54, 1.807) is 0 Å². The van der Waals surface area contributed by atoms with E-state index in [1.807, 2.05) is 24.3 Å². The van der Waals surface area contributed by atoms with Crippen molar-refractivity contribution in [3.63, 3.8) is 0 Å². The van der Waals surface area contributed by atoms with Crippen LogP contribution in [0.1, 0.15) is 50.5 Å². The zero-order valence-electron chi connectivity index (χ0n) is 11.3. The molecule has 1 aromatic rings. The van der Waals surface area contributed by atoms with Crippen molar-refractivity contribution in [1.82, 2.24) is 0 Å². The average molecular weight is 324 g/mol. The monoisotopic (exact) mass is 323 g/mol. The van der Waals surface area contributed by atoms with E-state index in [4.69, 9.17) is 0 Å². The summed E-state index contributed by atoms with van der Waals surface area (Å²) in [6.45, 7) is 0. The van der Waals surface area contributed by atoms with Crippen LogP contribution in [0.5, 0.6) is 0 Å². The number of benzene rings is 1. The number of carbonyl (C=O) groups excluding carboxylic acids is 1. The highest BCUT2D eigenvalue weighted by Gasteiger charge is 2.19. The van der Waals surface area contributed by atoms with Crippen LogP contribution in [0.4, 0.5) is 5.69 Å². The number of amides is 1. The van der Waals surface area contributed by atoms with E-state index >= 15 is 0 Å². The van der Waals surface area contributed by atoms with Crippen LogP contribution < -0.4 is 5.32 Å². The number of rotatable bonds is 3. The van der Waals surface area contributed by atoms with Gasteiger partial charge in [-0.3, -0.25) is 4.79 Å². The van der Waals surface area contributed by atoms with Gasteiger partial charge in [0, 0.05) is 16.9 Å². The van der Waals surface area contributed by atoms with E-state index in [9.17, 15) is 4.79 Å². The molecular weight excluding hydrogens is 302 g/mol. The number of hydrogen-bond acceptors (Lipinski definition) is 1. The molecule has 0 aliphatic heterocycles. The smallest absolute Gasteiger partial charge is 0.227 e. The molecule has 1 amide bonds. The van der Waals surface area contributed by atoms with Gasteiger partial charge >= 0.3 is 0 Å². The van der Waals surface area contributed by atoms with Crippen LogP contribution >= 0.6 is 15.9 Å². The first-order valence-electron chi connectivity index (χ1n) is 7.25. The van der Waals surface area contributed by atoms with Crippen molar-refractivity contribution in [2.24, 2.45) is 5.92 Å². The molecule has 0 spiro atoms. The summed E-state index contributed by atoms with van der Waals surface area (Å²) in [5.74, 6) is 0.407. The van der Waals surface area contributed by atoms with Crippen LogP contribution in [-0.2, 0) is 10.1 Å². The largest absolute Gasteiger partial charge is 0.326 e. The maximum Gasteiger partial charge on any atom is 0.227 e. The third-order valence-corrected chi connectivity index (χ3v) is 4.50. The fourth-order valence-corrected chi connectivity index (χ4v) is 3.01. The Labute approximate surface area is 124 Å². The van der Waals surface area contributed by atoms with Gasteiger partial charge in [-0.15, -0.1) is 0 Å². The topological polar surface area (TPSA) is 29.1 Å². The molecule has 1 aliphatic carbocycles. The highest BCUT2D eigenvalue weighted by molar-refractivity contribution is 9.08. The molecule has 0 saturated heterocycles. The van der Waals surface area contributed by atoms with Gasteiger partial charge in [-0.05, 0) is 30.5 Å². The van der Waals surface area contributed by atoms with Crippen LogP contribution in [0.2, 0.25) is 0 Å². The molecule has 3 heteroatoms. The summed E-state index contributed by atoms with van der Waals surface area (Å²) in [5, 5.41) is 3.91. The summed E-state index contributed by atoms with van der Waals surface area (Å²) in [7, 11) is 0. The summed E-state index contributed by atoms with van der Waals surface area (Å²) in [6, 6.07) is 8.06. The van der Waals surface area contributed by atoms with Crippen molar-refractivity contribution in [1.29, 1.82) is 0 Å². The lowest BCUT2D eigenvalue weighted by atomic mass is 9.90. The summed E-state index contributed by atoms with van der Waals surface area (Å²) < 4.78 is 0. The van der Waals surface area contributed by atoms with Gasteiger partial charge in [-0.1, -0.05) is 60.2 Å². The van der Waals surface area contributed by atoms with Crippen molar-refractivity contribution < 1.29 is 4.79 Å². The highest BCUT2D eigenvalue weighted by Crippen LogP contribution is 2.23. The van der Waals surface area contributed by atoms with Crippen molar-refractivity contribution >= 4 is 27.5 Å². The maximum atomic E-state index is 12.3. The third kappa shape index (κ3) is 4.64. The quantitative estimate of drug-likeness (QED) is 0.789. The van der Waals surface area contributed by atoms with Gasteiger partial charge in [0.25, 0.3) is 0 Å². The fraction of sp³-hybridized carbons (Fsp3) is 0.562. The molecule has 1 fully saturated rings. The molecular formula is C16H22BrNO. The minimum Gasteiger partial charge on any atom is -0.326 e. The molecule has 0 atom stereocenters. The van der Waals surface area contributed by atoms with Crippen LogP contribution in [0.15, 0.2) is 24.3 Å². The summed E-state index contributed by atoms with van der Waals surface area (Å²) >= 11 is 3.42. The zero-order valence-corrected chi connectivity index (χ0v) is 12.9. The lowest BCUT2D eigenvalue weighted by Crippen LogP contribution is -2.23. The molecule has 19 heavy (non-hydrogen) atoms. The summed E-state index contributed by atoms with van der Waals surface area (Å²) in [6.07, 6.45) is 8.38. The first kappa shape index (κ1) is 14.6. The SMILES string of the molecule is O=C(Nc1ccc(CBr)cc1)C1CCCCCCC1. The first-order chi connectivity index (χ1) is 9.29. The summed E-state index contributed by atoms with van der Waals surface area (Å²) in [5.41, 5.74) is 2.14. The van der Waals surface area contributed by atoms with Crippen molar-refractivity contribution in [3.8, 4) is 0 Å². The van der Waals surface area contributed by atoms with E-state index in [2.05, 4.69) is 21.2 Å². The Morgan fingerprint density at radius 2 is 1.63 bits per heavy atom. The molecule has 1 aromatic carbocycles. The Kier molecular flexibility index (Phi) is 5.90. The van der Waals surface area contributed by atoms with E-state index in [0.717, 1.165) is 23.9 Å². The Balaban J connectivity index is 1.90. The van der Waals surface area contributed by atoms with E-state index in [-0.39, 0.29) is 11.8 Å². The molecule has 1 aliphatic rings. The van der Waals surface area contributed by atoms with Crippen LogP contribution in [0.25, 0.3) is 0 Å². The standard InChI is InChI=1S/C16H22BrNO/c17-12-13-8-10-15(11-9-13)18-16(19)14-6-4-2-1-3-5-7-14/h8-11,14H,1-7,12H2,(H,18,19). The summed E-state index contributed by atoms with van der Waals surface area (Å²) in [4.78, 5) is 12.3. The lowest BCUT2D eigenvalue weighted by Gasteiger charge is -2.19. The van der Waals surface area contributed by atoms with Gasteiger partial charge in [0.1, 0.15) is 0 Å². The molecule has 2 nitrogen and oxygen atoms in total. The molecule has 0 aromatic heterocycles. The molecule has 0 bridgehead atoms. The van der Waals surface area contributed by atoms with Gasteiger partial charge < -0.3 is 5.32 Å². The Morgan fingerprint density at radius 3 is 2.21 bits per heavy atom. The van der Waals surface area contributed by atoms with Crippen molar-refractivity contribution in [2.45, 2.75) is 50.3 Å². The second kappa shape index (κ2) is 7.68. The number of hydrogen-bond donors (Lipinski definition) is 1. The molecule has 1 saturated carbocycles. The number of halogens is 1. The average Bonchev–Trinajstić information content (AvgIpc) is 2.39. The van der Waals surface area contributed by atoms with Gasteiger partial charge in [-0.2, -0.15) is 0 Å². The number of nitrogens with one attached hydrogen (secondary N) is 1. The number of anilines is 1. The lowest BCUT2D eigenvalue weighted by molar-refractivity contribution is -0.120. The third-order valence-electron chi connectivity index (χ3n) is 3.85. The molecule has 0 unspecified atom stereocenters. The van der Waals surface area contributed by atoms with Crippen LogP contribution in [0.3, 0.4) is 0 Å². The predicted octanol–water partition coefficient (Wildman–Crippen LogP) is 4.88. The minimum atomic E-state index is 0.202. The second-order valence-corrected chi connectivity index (χ2v) is 5.92. The number of alkyl halides is 1. The Morgan fingerprint density at radius 1 is 1.05 bits per heavy atom. The fourth-order valence-electron chi connectivity index (χ4n) is 2.64. The van der Waals surface area contributed by atoms with E-state index in [1.165, 1.54) is 37.7 Å². The van der Waals surface area contributed by atoms with Gasteiger partial charge in [0.05, 0.1) is 0 Å². The molecule has 104 valence electrons. The Bertz CT molecular complexity index is 394. The molecule has 0 heterocycles. The van der Waals surface area contributed by atoms with Crippen molar-refractivity contribution in [2.75, 3.05) is 5.32 Å². The van der Waals surface area contributed by atoms with Gasteiger partial charge in [0.2, 0.25) is 5.91 Å². The molecule has 2 rings (SSSR count). The minimum absolute atomic E-state index is 0.202. The predicted molar refractivity (Wildman–Crippen MR) is 83.5 cm³/mol. The van der Waals surface area contributed by atoms with Crippen LogP contribution in [-0.4, -0.2) is 5.91 Å². The Hall–Kier alpha value is -0.830. The zero-order chi connectivity index (χ0) is 13.5. The maximum absolute atomic E-state index is 12.3.